The number of aryl methyl sites for hydroxylation is 2. The molecule has 1 aliphatic carbocycles. The molecule has 2 unspecified atom stereocenters. The third-order valence-corrected chi connectivity index (χ3v) is 4.26. The van der Waals surface area contributed by atoms with Gasteiger partial charge in [-0.15, -0.1) is 10.2 Å². The molecule has 1 aromatic carbocycles. The molecule has 0 fully saturated rings. The van der Waals surface area contributed by atoms with Crippen molar-refractivity contribution in [1.82, 2.24) is 20.1 Å². The summed E-state index contributed by atoms with van der Waals surface area (Å²) in [6.07, 6.45) is 2.96. The molecule has 0 bridgehead atoms. The van der Waals surface area contributed by atoms with Gasteiger partial charge in [0, 0.05) is 12.6 Å². The minimum atomic E-state index is 0.423. The first-order valence-corrected chi connectivity index (χ1v) is 7.38. The summed E-state index contributed by atoms with van der Waals surface area (Å²) in [6.45, 7) is 8.28. The van der Waals surface area contributed by atoms with Crippen molar-refractivity contribution in [3.63, 3.8) is 0 Å². The van der Waals surface area contributed by atoms with E-state index in [0.29, 0.717) is 12.0 Å². The number of rotatable bonds is 4. The summed E-state index contributed by atoms with van der Waals surface area (Å²) >= 11 is 0. The Morgan fingerprint density at radius 2 is 2.25 bits per heavy atom. The van der Waals surface area contributed by atoms with Gasteiger partial charge in [-0.1, -0.05) is 30.7 Å². The Labute approximate surface area is 120 Å². The van der Waals surface area contributed by atoms with Crippen LogP contribution in [0.25, 0.3) is 0 Å². The van der Waals surface area contributed by atoms with E-state index in [2.05, 4.69) is 59.1 Å². The molecule has 3 rings (SSSR count). The molecule has 0 spiro atoms. The highest BCUT2D eigenvalue weighted by Crippen LogP contribution is 2.36. The maximum absolute atomic E-state index is 4.20. The van der Waals surface area contributed by atoms with Gasteiger partial charge < -0.3 is 9.88 Å². The first kappa shape index (κ1) is 13.3. The topological polar surface area (TPSA) is 42.7 Å². The number of nitrogens with one attached hydrogen (secondary N) is 1. The fourth-order valence-electron chi connectivity index (χ4n) is 3.15. The van der Waals surface area contributed by atoms with E-state index in [9.17, 15) is 0 Å². The van der Waals surface area contributed by atoms with Crippen molar-refractivity contribution < 1.29 is 0 Å². The molecule has 0 saturated carbocycles. The molecule has 1 aromatic heterocycles. The molecule has 0 saturated heterocycles. The highest BCUT2D eigenvalue weighted by atomic mass is 15.3. The standard InChI is InChI=1S/C16H22N4/c1-4-20-10-18-19-15(20)9-17-16-12(3)8-13-6-5-11(2)7-14(13)16/h5-7,10,12,16-17H,4,8-9H2,1-3H3. The monoisotopic (exact) mass is 270 g/mol. The highest BCUT2D eigenvalue weighted by Gasteiger charge is 2.29. The first-order valence-electron chi connectivity index (χ1n) is 7.38. The molecule has 0 aliphatic heterocycles. The Bertz CT molecular complexity index is 602. The van der Waals surface area contributed by atoms with E-state index in [-0.39, 0.29) is 0 Å². The zero-order chi connectivity index (χ0) is 14.1. The van der Waals surface area contributed by atoms with Crippen LogP contribution >= 0.6 is 0 Å². The molecular weight excluding hydrogens is 248 g/mol. The van der Waals surface area contributed by atoms with Crippen LogP contribution in [0.4, 0.5) is 0 Å². The van der Waals surface area contributed by atoms with E-state index < -0.39 is 0 Å². The fourth-order valence-corrected chi connectivity index (χ4v) is 3.15. The van der Waals surface area contributed by atoms with E-state index in [4.69, 9.17) is 0 Å². The lowest BCUT2D eigenvalue weighted by atomic mass is 10.0. The Morgan fingerprint density at radius 1 is 1.40 bits per heavy atom. The molecule has 1 aliphatic rings. The normalized spacial score (nSPS) is 21.1. The molecule has 106 valence electrons. The maximum atomic E-state index is 4.20. The smallest absolute Gasteiger partial charge is 0.146 e. The Hall–Kier alpha value is -1.68. The predicted octanol–water partition coefficient (Wildman–Crippen LogP) is 2.63. The van der Waals surface area contributed by atoms with Crippen LogP contribution in [0.5, 0.6) is 0 Å². The Balaban J connectivity index is 1.77. The zero-order valence-corrected chi connectivity index (χ0v) is 12.4. The summed E-state index contributed by atoms with van der Waals surface area (Å²) in [6, 6.07) is 7.23. The summed E-state index contributed by atoms with van der Waals surface area (Å²) in [7, 11) is 0. The second-order valence-electron chi connectivity index (χ2n) is 5.78. The molecule has 2 aromatic rings. The van der Waals surface area contributed by atoms with Gasteiger partial charge in [-0.05, 0) is 37.3 Å². The number of hydrogen-bond acceptors (Lipinski definition) is 3. The lowest BCUT2D eigenvalue weighted by Gasteiger charge is -2.19. The van der Waals surface area contributed by atoms with Crippen LogP contribution in [-0.2, 0) is 19.5 Å². The van der Waals surface area contributed by atoms with Crippen LogP contribution in [0, 0.1) is 12.8 Å². The molecule has 4 heteroatoms. The van der Waals surface area contributed by atoms with Gasteiger partial charge in [-0.3, -0.25) is 0 Å². The molecule has 0 radical (unpaired) electrons. The summed E-state index contributed by atoms with van der Waals surface area (Å²) in [5, 5.41) is 11.9. The van der Waals surface area contributed by atoms with Gasteiger partial charge in [-0.2, -0.15) is 0 Å². The predicted molar refractivity (Wildman–Crippen MR) is 79.3 cm³/mol. The van der Waals surface area contributed by atoms with E-state index in [1.165, 1.54) is 16.7 Å². The van der Waals surface area contributed by atoms with Gasteiger partial charge in [0.15, 0.2) is 0 Å². The molecule has 1 N–H and O–H groups in total. The van der Waals surface area contributed by atoms with Gasteiger partial charge in [0.05, 0.1) is 6.54 Å². The Morgan fingerprint density at radius 3 is 3.05 bits per heavy atom. The van der Waals surface area contributed by atoms with Crippen molar-refractivity contribution in [3.05, 3.63) is 47.0 Å². The summed E-state index contributed by atoms with van der Waals surface area (Å²) in [5.41, 5.74) is 4.28. The third-order valence-electron chi connectivity index (χ3n) is 4.26. The largest absolute Gasteiger partial charge is 0.317 e. The summed E-state index contributed by atoms with van der Waals surface area (Å²) < 4.78 is 2.09. The number of aromatic nitrogens is 3. The average Bonchev–Trinajstić information content (AvgIpc) is 3.00. The van der Waals surface area contributed by atoms with Crippen LogP contribution in [0.2, 0.25) is 0 Å². The minimum absolute atomic E-state index is 0.423. The molecular formula is C16H22N4. The lowest BCUT2D eigenvalue weighted by molar-refractivity contribution is 0.406. The van der Waals surface area contributed by atoms with Crippen LogP contribution in [-0.4, -0.2) is 14.8 Å². The lowest BCUT2D eigenvalue weighted by Crippen LogP contribution is -2.25. The summed E-state index contributed by atoms with van der Waals surface area (Å²) in [5.74, 6) is 1.64. The van der Waals surface area contributed by atoms with Crippen molar-refractivity contribution in [2.45, 2.75) is 46.3 Å². The van der Waals surface area contributed by atoms with Gasteiger partial charge in [-0.25, -0.2) is 0 Å². The van der Waals surface area contributed by atoms with Crippen LogP contribution < -0.4 is 5.32 Å². The summed E-state index contributed by atoms with van der Waals surface area (Å²) in [4.78, 5) is 0. The minimum Gasteiger partial charge on any atom is -0.317 e. The molecule has 2 atom stereocenters. The van der Waals surface area contributed by atoms with Crippen molar-refractivity contribution in [2.75, 3.05) is 0 Å². The van der Waals surface area contributed by atoms with Crippen molar-refractivity contribution in [1.29, 1.82) is 0 Å². The molecule has 0 amide bonds. The number of hydrogen-bond donors (Lipinski definition) is 1. The highest BCUT2D eigenvalue weighted by molar-refractivity contribution is 5.38. The van der Waals surface area contributed by atoms with Crippen molar-refractivity contribution in [3.8, 4) is 0 Å². The van der Waals surface area contributed by atoms with Crippen molar-refractivity contribution >= 4 is 0 Å². The van der Waals surface area contributed by atoms with E-state index in [1.807, 2.05) is 0 Å². The van der Waals surface area contributed by atoms with Crippen LogP contribution in [0.1, 0.15) is 42.4 Å². The quantitative estimate of drug-likeness (QED) is 0.928. The Kier molecular flexibility index (Phi) is 3.57. The van der Waals surface area contributed by atoms with Gasteiger partial charge in [0.2, 0.25) is 0 Å². The van der Waals surface area contributed by atoms with Crippen LogP contribution in [0.3, 0.4) is 0 Å². The van der Waals surface area contributed by atoms with Crippen molar-refractivity contribution in [2.24, 2.45) is 5.92 Å². The zero-order valence-electron chi connectivity index (χ0n) is 12.4. The second-order valence-corrected chi connectivity index (χ2v) is 5.78. The van der Waals surface area contributed by atoms with E-state index in [0.717, 1.165) is 25.3 Å². The SMILES string of the molecule is CCn1cnnc1CNC1c2cc(C)ccc2CC1C. The second kappa shape index (κ2) is 5.37. The third kappa shape index (κ3) is 2.36. The van der Waals surface area contributed by atoms with Gasteiger partial charge in [0.1, 0.15) is 12.2 Å². The maximum Gasteiger partial charge on any atom is 0.146 e. The van der Waals surface area contributed by atoms with E-state index in [1.54, 1.807) is 6.33 Å². The van der Waals surface area contributed by atoms with E-state index >= 15 is 0 Å². The first-order chi connectivity index (χ1) is 9.69. The van der Waals surface area contributed by atoms with Gasteiger partial charge >= 0.3 is 0 Å². The fraction of sp³-hybridized carbons (Fsp3) is 0.500. The average molecular weight is 270 g/mol. The molecule has 4 nitrogen and oxygen atoms in total. The molecule has 20 heavy (non-hydrogen) atoms. The van der Waals surface area contributed by atoms with Crippen LogP contribution in [0.15, 0.2) is 24.5 Å². The number of fused-ring (bicyclic) bond motifs is 1. The number of nitrogens with zero attached hydrogens (tertiary/aromatic N) is 3. The molecule has 1 heterocycles. The van der Waals surface area contributed by atoms with Gasteiger partial charge in [0.25, 0.3) is 0 Å². The number of benzene rings is 1.